The van der Waals surface area contributed by atoms with Crippen LogP contribution in [0.1, 0.15) is 17.5 Å². The van der Waals surface area contributed by atoms with Crippen molar-refractivity contribution in [2.45, 2.75) is 19.8 Å². The van der Waals surface area contributed by atoms with Crippen LogP contribution in [0.5, 0.6) is 11.5 Å². The van der Waals surface area contributed by atoms with Gasteiger partial charge in [0.25, 0.3) is 0 Å². The molecule has 0 fully saturated rings. The lowest BCUT2D eigenvalue weighted by atomic mass is 10.1. The van der Waals surface area contributed by atoms with Crippen molar-refractivity contribution in [2.24, 2.45) is 0 Å². The SMILES string of the molecule is COc1cc(NS(=O)(=O)CCCc2ccccc2)c(OC)cc1C. The van der Waals surface area contributed by atoms with Crippen LogP contribution in [-0.2, 0) is 16.4 Å². The maximum Gasteiger partial charge on any atom is 0.232 e. The number of aryl methyl sites for hydroxylation is 2. The van der Waals surface area contributed by atoms with Crippen LogP contribution in [0.4, 0.5) is 5.69 Å². The lowest BCUT2D eigenvalue weighted by Gasteiger charge is -2.15. The third-order valence-electron chi connectivity index (χ3n) is 3.70. The summed E-state index contributed by atoms with van der Waals surface area (Å²) in [6, 6.07) is 13.2. The summed E-state index contributed by atoms with van der Waals surface area (Å²) in [6.07, 6.45) is 1.26. The molecule has 130 valence electrons. The fraction of sp³-hybridized carbons (Fsp3) is 0.333. The lowest BCUT2D eigenvalue weighted by molar-refractivity contribution is 0.402. The predicted octanol–water partition coefficient (Wildman–Crippen LogP) is 3.39. The number of rotatable bonds is 8. The first-order valence-corrected chi connectivity index (χ1v) is 9.37. The first-order chi connectivity index (χ1) is 11.4. The molecule has 0 aliphatic carbocycles. The zero-order chi connectivity index (χ0) is 17.6. The molecular formula is C18H23NO4S. The average Bonchev–Trinajstić information content (AvgIpc) is 2.56. The largest absolute Gasteiger partial charge is 0.496 e. The van der Waals surface area contributed by atoms with Crippen LogP contribution in [0.15, 0.2) is 42.5 Å². The van der Waals surface area contributed by atoms with Crippen LogP contribution < -0.4 is 14.2 Å². The van der Waals surface area contributed by atoms with E-state index in [4.69, 9.17) is 9.47 Å². The van der Waals surface area contributed by atoms with Crippen molar-refractivity contribution in [2.75, 3.05) is 24.7 Å². The van der Waals surface area contributed by atoms with Gasteiger partial charge in [-0.05, 0) is 37.0 Å². The van der Waals surface area contributed by atoms with Gasteiger partial charge < -0.3 is 9.47 Å². The zero-order valence-corrected chi connectivity index (χ0v) is 15.0. The monoisotopic (exact) mass is 349 g/mol. The topological polar surface area (TPSA) is 64.6 Å². The van der Waals surface area contributed by atoms with Crippen molar-refractivity contribution >= 4 is 15.7 Å². The maximum atomic E-state index is 12.3. The quantitative estimate of drug-likeness (QED) is 0.793. The van der Waals surface area contributed by atoms with E-state index >= 15 is 0 Å². The Labute approximate surface area is 143 Å². The highest BCUT2D eigenvalue weighted by Crippen LogP contribution is 2.33. The average molecular weight is 349 g/mol. The van der Waals surface area contributed by atoms with E-state index in [-0.39, 0.29) is 5.75 Å². The van der Waals surface area contributed by atoms with Crippen LogP contribution in [0.2, 0.25) is 0 Å². The highest BCUT2D eigenvalue weighted by Gasteiger charge is 2.15. The number of anilines is 1. The Kier molecular flexibility index (Phi) is 6.09. The molecule has 5 nitrogen and oxygen atoms in total. The van der Waals surface area contributed by atoms with Crippen molar-refractivity contribution in [3.63, 3.8) is 0 Å². The van der Waals surface area contributed by atoms with E-state index in [0.717, 1.165) is 17.5 Å². The Hall–Kier alpha value is -2.21. The number of sulfonamides is 1. The highest BCUT2D eigenvalue weighted by molar-refractivity contribution is 7.92. The van der Waals surface area contributed by atoms with Crippen LogP contribution >= 0.6 is 0 Å². The molecule has 0 saturated carbocycles. The number of hydrogen-bond acceptors (Lipinski definition) is 4. The normalized spacial score (nSPS) is 11.1. The molecule has 1 N–H and O–H groups in total. The van der Waals surface area contributed by atoms with Gasteiger partial charge >= 0.3 is 0 Å². The molecule has 0 radical (unpaired) electrons. The second-order valence-electron chi connectivity index (χ2n) is 5.53. The molecule has 0 aromatic heterocycles. The summed E-state index contributed by atoms with van der Waals surface area (Å²) >= 11 is 0. The molecule has 0 saturated heterocycles. The Morgan fingerprint density at radius 2 is 1.67 bits per heavy atom. The van der Waals surface area contributed by atoms with Crippen molar-refractivity contribution in [3.8, 4) is 11.5 Å². The van der Waals surface area contributed by atoms with Crippen LogP contribution in [0, 0.1) is 6.92 Å². The zero-order valence-electron chi connectivity index (χ0n) is 14.2. The summed E-state index contributed by atoms with van der Waals surface area (Å²) in [5.74, 6) is 1.12. The molecule has 2 aromatic carbocycles. The van der Waals surface area contributed by atoms with E-state index in [2.05, 4.69) is 4.72 Å². The van der Waals surface area contributed by atoms with E-state index < -0.39 is 10.0 Å². The maximum absolute atomic E-state index is 12.3. The predicted molar refractivity (Wildman–Crippen MR) is 96.5 cm³/mol. The molecule has 0 amide bonds. The Balaban J connectivity index is 2.05. The Morgan fingerprint density at radius 1 is 1.00 bits per heavy atom. The van der Waals surface area contributed by atoms with Gasteiger partial charge in [-0.2, -0.15) is 0 Å². The molecule has 0 heterocycles. The first-order valence-electron chi connectivity index (χ1n) is 7.72. The third-order valence-corrected chi connectivity index (χ3v) is 5.06. The minimum absolute atomic E-state index is 0.0429. The lowest BCUT2D eigenvalue weighted by Crippen LogP contribution is -2.18. The molecule has 24 heavy (non-hydrogen) atoms. The third kappa shape index (κ3) is 4.89. The van der Waals surface area contributed by atoms with Crippen molar-refractivity contribution in [3.05, 3.63) is 53.6 Å². The summed E-state index contributed by atoms with van der Waals surface area (Å²) in [5, 5.41) is 0. The minimum Gasteiger partial charge on any atom is -0.496 e. The summed E-state index contributed by atoms with van der Waals surface area (Å²) in [5.41, 5.74) is 2.39. The molecule has 0 spiro atoms. The summed E-state index contributed by atoms with van der Waals surface area (Å²) in [6.45, 7) is 1.87. The summed E-state index contributed by atoms with van der Waals surface area (Å²) in [4.78, 5) is 0. The van der Waals surface area contributed by atoms with E-state index in [9.17, 15) is 8.42 Å². The first kappa shape index (κ1) is 18.1. The molecule has 2 aromatic rings. The minimum atomic E-state index is -3.46. The van der Waals surface area contributed by atoms with Gasteiger partial charge in [0.1, 0.15) is 11.5 Å². The van der Waals surface area contributed by atoms with Crippen LogP contribution in [-0.4, -0.2) is 28.4 Å². The van der Waals surface area contributed by atoms with Gasteiger partial charge in [-0.1, -0.05) is 30.3 Å². The van der Waals surface area contributed by atoms with Crippen LogP contribution in [0.3, 0.4) is 0 Å². The molecule has 0 atom stereocenters. The Bertz CT molecular complexity index is 773. The van der Waals surface area contributed by atoms with Crippen molar-refractivity contribution < 1.29 is 17.9 Å². The molecule has 0 bridgehead atoms. The molecule has 0 aliphatic rings. The van der Waals surface area contributed by atoms with Gasteiger partial charge in [-0.3, -0.25) is 4.72 Å². The van der Waals surface area contributed by atoms with Crippen molar-refractivity contribution in [1.82, 2.24) is 0 Å². The number of ether oxygens (including phenoxy) is 2. The molecule has 0 aliphatic heterocycles. The van der Waals surface area contributed by atoms with Gasteiger partial charge in [0.05, 0.1) is 25.7 Å². The van der Waals surface area contributed by atoms with E-state index in [1.807, 2.05) is 37.3 Å². The second kappa shape index (κ2) is 8.06. The summed E-state index contributed by atoms with van der Waals surface area (Å²) < 4.78 is 37.8. The molecule has 6 heteroatoms. The Morgan fingerprint density at radius 3 is 2.29 bits per heavy atom. The van der Waals surface area contributed by atoms with Gasteiger partial charge in [0.2, 0.25) is 10.0 Å². The summed E-state index contributed by atoms with van der Waals surface area (Å²) in [7, 11) is -0.404. The number of hydrogen-bond donors (Lipinski definition) is 1. The smallest absolute Gasteiger partial charge is 0.232 e. The number of methoxy groups -OCH3 is 2. The van der Waals surface area contributed by atoms with Gasteiger partial charge in [-0.15, -0.1) is 0 Å². The fourth-order valence-electron chi connectivity index (χ4n) is 2.46. The van der Waals surface area contributed by atoms with Crippen LogP contribution in [0.25, 0.3) is 0 Å². The van der Waals surface area contributed by atoms with Crippen molar-refractivity contribution in [1.29, 1.82) is 0 Å². The van der Waals surface area contributed by atoms with Gasteiger partial charge in [0, 0.05) is 6.07 Å². The number of nitrogens with one attached hydrogen (secondary N) is 1. The molecule has 2 rings (SSSR count). The molecule has 0 unspecified atom stereocenters. The van der Waals surface area contributed by atoms with Gasteiger partial charge in [-0.25, -0.2) is 8.42 Å². The fourth-order valence-corrected chi connectivity index (χ4v) is 3.58. The van der Waals surface area contributed by atoms with Gasteiger partial charge in [0.15, 0.2) is 0 Å². The number of benzene rings is 2. The second-order valence-corrected chi connectivity index (χ2v) is 7.37. The molecular weight excluding hydrogens is 326 g/mol. The van der Waals surface area contributed by atoms with E-state index in [1.54, 1.807) is 19.2 Å². The van der Waals surface area contributed by atoms with E-state index in [1.165, 1.54) is 7.11 Å². The highest BCUT2D eigenvalue weighted by atomic mass is 32.2. The standard InChI is InChI=1S/C18H23NO4S/c1-14-12-18(23-3)16(13-17(14)22-2)19-24(20,21)11-7-10-15-8-5-4-6-9-15/h4-6,8-9,12-13,19H,7,10-11H2,1-3H3. The van der Waals surface area contributed by atoms with E-state index in [0.29, 0.717) is 23.6 Å².